The molecule has 0 bridgehead atoms. The van der Waals surface area contributed by atoms with Crippen molar-refractivity contribution in [2.45, 2.75) is 66.0 Å². The molecule has 0 radical (unpaired) electrons. The third kappa shape index (κ3) is 6.17. The molecule has 0 saturated carbocycles. The summed E-state index contributed by atoms with van der Waals surface area (Å²) in [6, 6.07) is 1.99. The number of piperidine rings is 1. The molecule has 1 fully saturated rings. The molecule has 2 aromatic rings. The van der Waals surface area contributed by atoms with Gasteiger partial charge < -0.3 is 23.5 Å². The number of ether oxygens (including phenoxy) is 2. The van der Waals surface area contributed by atoms with Gasteiger partial charge in [0, 0.05) is 51.0 Å². The van der Waals surface area contributed by atoms with E-state index in [0.717, 1.165) is 49.3 Å². The maximum atomic E-state index is 13.2. The summed E-state index contributed by atoms with van der Waals surface area (Å²) in [6.45, 7) is 11.6. The maximum Gasteiger partial charge on any atom is 0.255 e. The van der Waals surface area contributed by atoms with Gasteiger partial charge in [-0.2, -0.15) is 4.98 Å². The Kier molecular flexibility index (Phi) is 8.26. The predicted octanol–water partition coefficient (Wildman–Crippen LogP) is 3.20. The average Bonchev–Trinajstić information content (AvgIpc) is 3.29. The van der Waals surface area contributed by atoms with Gasteiger partial charge in [-0.15, -0.1) is 0 Å². The van der Waals surface area contributed by atoms with Crippen LogP contribution in [-0.4, -0.2) is 65.0 Å². The molecule has 1 atom stereocenters. The second kappa shape index (κ2) is 10.9. The molecule has 3 heterocycles. The Hall–Kier alpha value is -2.19. The Morgan fingerprint density at radius 1 is 1.32 bits per heavy atom. The molecule has 1 aliphatic heterocycles. The maximum absolute atomic E-state index is 13.2. The Labute approximate surface area is 184 Å². The van der Waals surface area contributed by atoms with E-state index in [1.54, 1.807) is 7.11 Å². The van der Waals surface area contributed by atoms with Crippen molar-refractivity contribution in [1.29, 1.82) is 0 Å². The van der Waals surface area contributed by atoms with Crippen LogP contribution in [0.1, 0.15) is 60.2 Å². The summed E-state index contributed by atoms with van der Waals surface area (Å²) in [5, 5.41) is 4.03. The van der Waals surface area contributed by atoms with Crippen LogP contribution in [0.3, 0.4) is 0 Å². The van der Waals surface area contributed by atoms with Crippen LogP contribution in [0.5, 0.6) is 0 Å². The van der Waals surface area contributed by atoms with E-state index in [4.69, 9.17) is 14.0 Å². The van der Waals surface area contributed by atoms with Crippen LogP contribution in [0.4, 0.5) is 0 Å². The van der Waals surface area contributed by atoms with Gasteiger partial charge in [0.05, 0.1) is 24.9 Å². The minimum Gasteiger partial charge on any atom is -0.383 e. The second-order valence-corrected chi connectivity index (χ2v) is 8.77. The number of carbonyl (C=O) groups excluding carboxylic acids is 1. The lowest BCUT2D eigenvalue weighted by Gasteiger charge is -2.32. The number of carbonyl (C=O) groups is 1. The number of hydrogen-bond donors (Lipinski definition) is 0. The van der Waals surface area contributed by atoms with Crippen LogP contribution in [0.15, 0.2) is 10.6 Å². The van der Waals surface area contributed by atoms with Crippen molar-refractivity contribution >= 4 is 5.91 Å². The number of amides is 1. The monoisotopic (exact) mass is 432 g/mol. The van der Waals surface area contributed by atoms with Gasteiger partial charge in [-0.1, -0.05) is 19.0 Å². The molecule has 8 nitrogen and oxygen atoms in total. The summed E-state index contributed by atoms with van der Waals surface area (Å²) in [5.41, 5.74) is 2.86. The number of likely N-dealkylation sites (tertiary alicyclic amines) is 1. The molecule has 0 aliphatic carbocycles. The fourth-order valence-electron chi connectivity index (χ4n) is 4.11. The van der Waals surface area contributed by atoms with E-state index in [-0.39, 0.29) is 12.0 Å². The number of nitrogens with zero attached hydrogens (tertiary/aromatic N) is 4. The molecule has 1 amide bonds. The van der Waals surface area contributed by atoms with Crippen LogP contribution in [-0.2, 0) is 28.9 Å². The number of hydrogen-bond acceptors (Lipinski definition) is 6. The first-order valence-electron chi connectivity index (χ1n) is 11.3. The van der Waals surface area contributed by atoms with Crippen LogP contribution in [0, 0.1) is 19.8 Å². The normalized spacial score (nSPS) is 17.0. The first-order chi connectivity index (χ1) is 14.9. The van der Waals surface area contributed by atoms with Crippen molar-refractivity contribution in [1.82, 2.24) is 19.6 Å². The lowest BCUT2D eigenvalue weighted by Crippen LogP contribution is -2.43. The Bertz CT molecular complexity index is 858. The zero-order valence-electron chi connectivity index (χ0n) is 19.5. The van der Waals surface area contributed by atoms with Gasteiger partial charge in [0.25, 0.3) is 5.91 Å². The molecule has 0 N–H and O–H groups in total. The second-order valence-electron chi connectivity index (χ2n) is 8.77. The number of aromatic nitrogens is 3. The molecule has 31 heavy (non-hydrogen) atoms. The lowest BCUT2D eigenvalue weighted by molar-refractivity contribution is 0.00248. The fraction of sp³-hybridized carbons (Fsp3) is 0.696. The summed E-state index contributed by atoms with van der Waals surface area (Å²) < 4.78 is 18.7. The molecule has 0 aromatic carbocycles. The molecule has 1 unspecified atom stereocenters. The van der Waals surface area contributed by atoms with E-state index in [1.807, 2.05) is 24.8 Å². The highest BCUT2D eigenvalue weighted by molar-refractivity contribution is 5.95. The summed E-state index contributed by atoms with van der Waals surface area (Å²) in [6.07, 6.45) is 3.35. The SMILES string of the molecule is COCCn1c(C)cc(C(=O)N2CCCC(OCCc3noc(CC(C)C)n3)C2)c1C. The number of methoxy groups -OCH3 is 1. The molecular weight excluding hydrogens is 396 g/mol. The van der Waals surface area contributed by atoms with Gasteiger partial charge in [-0.05, 0) is 38.7 Å². The quantitative estimate of drug-likeness (QED) is 0.573. The minimum atomic E-state index is 0.0386. The highest BCUT2D eigenvalue weighted by Crippen LogP contribution is 2.21. The number of aryl methyl sites for hydroxylation is 1. The van der Waals surface area contributed by atoms with E-state index in [0.29, 0.717) is 43.8 Å². The van der Waals surface area contributed by atoms with Crippen LogP contribution >= 0.6 is 0 Å². The zero-order valence-corrected chi connectivity index (χ0v) is 19.5. The molecule has 8 heteroatoms. The smallest absolute Gasteiger partial charge is 0.255 e. The summed E-state index contributed by atoms with van der Waals surface area (Å²) in [5.74, 6) is 1.94. The Morgan fingerprint density at radius 3 is 2.87 bits per heavy atom. The van der Waals surface area contributed by atoms with E-state index in [2.05, 4.69) is 28.6 Å². The molecular formula is C23H36N4O4. The third-order valence-electron chi connectivity index (χ3n) is 5.76. The van der Waals surface area contributed by atoms with Crippen LogP contribution in [0.2, 0.25) is 0 Å². The fourth-order valence-corrected chi connectivity index (χ4v) is 4.11. The predicted molar refractivity (Wildman–Crippen MR) is 117 cm³/mol. The van der Waals surface area contributed by atoms with E-state index in [9.17, 15) is 4.79 Å². The van der Waals surface area contributed by atoms with Crippen molar-refractivity contribution in [3.63, 3.8) is 0 Å². The first kappa shape index (κ1) is 23.5. The van der Waals surface area contributed by atoms with Gasteiger partial charge >= 0.3 is 0 Å². The topological polar surface area (TPSA) is 82.6 Å². The van der Waals surface area contributed by atoms with Crippen molar-refractivity contribution < 1.29 is 18.8 Å². The van der Waals surface area contributed by atoms with Gasteiger partial charge in [0.1, 0.15) is 0 Å². The number of rotatable bonds is 10. The Morgan fingerprint density at radius 2 is 2.13 bits per heavy atom. The summed E-state index contributed by atoms with van der Waals surface area (Å²) >= 11 is 0. The molecule has 3 rings (SSSR count). The lowest BCUT2D eigenvalue weighted by atomic mass is 10.1. The van der Waals surface area contributed by atoms with E-state index < -0.39 is 0 Å². The molecule has 0 spiro atoms. The van der Waals surface area contributed by atoms with Gasteiger partial charge in [-0.3, -0.25) is 4.79 Å². The van der Waals surface area contributed by atoms with Crippen LogP contribution in [0.25, 0.3) is 0 Å². The summed E-state index contributed by atoms with van der Waals surface area (Å²) in [4.78, 5) is 19.5. The van der Waals surface area contributed by atoms with Gasteiger partial charge in [0.15, 0.2) is 5.82 Å². The Balaban J connectivity index is 1.52. The van der Waals surface area contributed by atoms with Crippen LogP contribution < -0.4 is 0 Å². The van der Waals surface area contributed by atoms with Crippen molar-refractivity contribution in [2.24, 2.45) is 5.92 Å². The van der Waals surface area contributed by atoms with E-state index >= 15 is 0 Å². The molecule has 1 saturated heterocycles. The van der Waals surface area contributed by atoms with E-state index in [1.165, 1.54) is 0 Å². The van der Waals surface area contributed by atoms with Gasteiger partial charge in [-0.25, -0.2) is 0 Å². The van der Waals surface area contributed by atoms with Crippen molar-refractivity contribution in [2.75, 3.05) is 33.4 Å². The highest BCUT2D eigenvalue weighted by Gasteiger charge is 2.27. The zero-order chi connectivity index (χ0) is 22.4. The molecule has 172 valence electrons. The minimum absolute atomic E-state index is 0.0386. The first-order valence-corrected chi connectivity index (χ1v) is 11.3. The highest BCUT2D eigenvalue weighted by atomic mass is 16.5. The molecule has 1 aliphatic rings. The third-order valence-corrected chi connectivity index (χ3v) is 5.76. The van der Waals surface area contributed by atoms with Crippen molar-refractivity contribution in [3.8, 4) is 0 Å². The standard InChI is InChI=1S/C23H36N4O4/c1-16(2)13-22-24-21(25-31-22)8-11-30-19-7-6-9-26(15-19)23(28)20-14-17(3)27(18(20)4)10-12-29-5/h14,16,19H,6-13,15H2,1-5H3. The molecule has 2 aromatic heterocycles. The average molecular weight is 433 g/mol. The summed E-state index contributed by atoms with van der Waals surface area (Å²) in [7, 11) is 1.69. The van der Waals surface area contributed by atoms with Crippen molar-refractivity contribution in [3.05, 3.63) is 34.7 Å². The largest absolute Gasteiger partial charge is 0.383 e. The van der Waals surface area contributed by atoms with Gasteiger partial charge in [0.2, 0.25) is 5.89 Å².